The molecule has 1 rings (SSSR count). The topological polar surface area (TPSA) is 75.7 Å². The molecule has 0 aliphatic carbocycles. The Bertz CT molecular complexity index is 406. The van der Waals surface area contributed by atoms with Crippen LogP contribution in [0.2, 0.25) is 0 Å². The molecule has 0 radical (unpaired) electrons. The van der Waals surface area contributed by atoms with Gasteiger partial charge < -0.3 is 15.0 Å². The Hall–Kier alpha value is -0.820. The van der Waals surface area contributed by atoms with Crippen LogP contribution in [-0.4, -0.2) is 56.3 Å². The third-order valence-electron chi connectivity index (χ3n) is 2.78. The third kappa shape index (κ3) is 6.77. The number of carbonyl (C=O) groups is 1. The number of rotatable bonds is 3. The van der Waals surface area contributed by atoms with Crippen molar-refractivity contribution in [3.63, 3.8) is 0 Å². The first-order valence-corrected chi connectivity index (χ1v) is 8.52. The third-order valence-corrected chi connectivity index (χ3v) is 3.47. The molecule has 19 heavy (non-hydrogen) atoms. The molecular formula is C12H24N2O4S. The van der Waals surface area contributed by atoms with Crippen LogP contribution in [0.3, 0.4) is 0 Å². The van der Waals surface area contributed by atoms with Crippen molar-refractivity contribution in [2.45, 2.75) is 45.3 Å². The first-order valence-electron chi connectivity index (χ1n) is 6.46. The zero-order valence-electron chi connectivity index (χ0n) is 12.1. The highest BCUT2D eigenvalue weighted by Gasteiger charge is 2.26. The number of likely N-dealkylation sites (tertiary alicyclic amines) is 1. The number of piperidine rings is 1. The fraction of sp³-hybridized carbons (Fsp3) is 0.917. The Labute approximate surface area is 115 Å². The highest BCUT2D eigenvalue weighted by atomic mass is 32.2. The molecule has 1 N–H and O–H groups in total. The van der Waals surface area contributed by atoms with E-state index in [9.17, 15) is 13.2 Å². The molecule has 0 saturated carbocycles. The van der Waals surface area contributed by atoms with E-state index in [1.54, 1.807) is 4.90 Å². The molecule has 0 unspecified atom stereocenters. The van der Waals surface area contributed by atoms with Gasteiger partial charge in [0.1, 0.15) is 5.60 Å². The Balaban J connectivity index is 2.35. The van der Waals surface area contributed by atoms with E-state index in [0.29, 0.717) is 13.1 Å². The van der Waals surface area contributed by atoms with Gasteiger partial charge in [0.15, 0.2) is 9.84 Å². The van der Waals surface area contributed by atoms with Crippen LogP contribution in [0.4, 0.5) is 4.79 Å². The van der Waals surface area contributed by atoms with Gasteiger partial charge >= 0.3 is 6.09 Å². The number of hydrogen-bond donors (Lipinski definition) is 1. The van der Waals surface area contributed by atoms with Gasteiger partial charge in [-0.3, -0.25) is 0 Å². The molecule has 1 heterocycles. The molecular weight excluding hydrogens is 268 g/mol. The number of nitrogens with one attached hydrogen (secondary N) is 1. The second-order valence-electron chi connectivity index (χ2n) is 6.02. The molecule has 6 nitrogen and oxygen atoms in total. The Kier molecular flexibility index (Phi) is 5.20. The molecule has 0 atom stereocenters. The predicted molar refractivity (Wildman–Crippen MR) is 73.7 cm³/mol. The van der Waals surface area contributed by atoms with E-state index in [2.05, 4.69) is 5.32 Å². The summed E-state index contributed by atoms with van der Waals surface area (Å²) >= 11 is 0. The number of carbonyl (C=O) groups excluding carboxylic acids is 1. The van der Waals surface area contributed by atoms with Crippen LogP contribution in [-0.2, 0) is 14.6 Å². The lowest BCUT2D eigenvalue weighted by Crippen LogP contribution is -2.47. The maximum atomic E-state index is 11.8. The van der Waals surface area contributed by atoms with Crippen LogP contribution in [0.15, 0.2) is 0 Å². The maximum Gasteiger partial charge on any atom is 0.410 e. The number of amides is 1. The summed E-state index contributed by atoms with van der Waals surface area (Å²) in [5.41, 5.74) is -0.484. The van der Waals surface area contributed by atoms with Crippen LogP contribution in [0.5, 0.6) is 0 Å². The van der Waals surface area contributed by atoms with Gasteiger partial charge in [-0.2, -0.15) is 0 Å². The summed E-state index contributed by atoms with van der Waals surface area (Å²) < 4.78 is 27.4. The monoisotopic (exact) mass is 292 g/mol. The minimum absolute atomic E-state index is 0.00982. The van der Waals surface area contributed by atoms with E-state index >= 15 is 0 Å². The first kappa shape index (κ1) is 16.2. The summed E-state index contributed by atoms with van der Waals surface area (Å²) in [6, 6.07) is 0.147. The molecule has 7 heteroatoms. The van der Waals surface area contributed by atoms with Gasteiger partial charge in [-0.25, -0.2) is 13.2 Å². The van der Waals surface area contributed by atoms with Crippen molar-refractivity contribution in [3.8, 4) is 0 Å². The van der Waals surface area contributed by atoms with Crippen LogP contribution in [0.25, 0.3) is 0 Å². The molecule has 0 aromatic carbocycles. The fourth-order valence-corrected chi connectivity index (χ4v) is 2.40. The molecule has 0 bridgehead atoms. The van der Waals surface area contributed by atoms with Gasteiger partial charge in [0, 0.05) is 25.4 Å². The van der Waals surface area contributed by atoms with E-state index < -0.39 is 15.4 Å². The minimum atomic E-state index is -2.99. The second-order valence-corrected chi connectivity index (χ2v) is 8.16. The molecule has 112 valence electrons. The molecule has 1 saturated heterocycles. The number of ether oxygens (including phenoxy) is 1. The van der Waals surface area contributed by atoms with Crippen LogP contribution < -0.4 is 5.32 Å². The highest BCUT2D eigenvalue weighted by molar-refractivity contribution is 7.90. The molecule has 1 fully saturated rings. The lowest BCUT2D eigenvalue weighted by atomic mass is 10.1. The lowest BCUT2D eigenvalue weighted by Gasteiger charge is -2.33. The maximum absolute atomic E-state index is 11.8. The van der Waals surface area contributed by atoms with E-state index in [4.69, 9.17) is 4.74 Å². The summed E-state index contributed by atoms with van der Waals surface area (Å²) in [4.78, 5) is 13.5. The van der Waals surface area contributed by atoms with Crippen molar-refractivity contribution in [1.29, 1.82) is 0 Å². The van der Waals surface area contributed by atoms with Gasteiger partial charge in [0.25, 0.3) is 0 Å². The normalized spacial score (nSPS) is 18.4. The SMILES string of the molecule is CC(C)(C)OC(=O)N1CCC(NCS(C)(=O)=O)CC1. The summed E-state index contributed by atoms with van der Waals surface area (Å²) in [5.74, 6) is -0.00982. The van der Waals surface area contributed by atoms with Crippen molar-refractivity contribution in [2.24, 2.45) is 0 Å². The molecule has 0 aromatic rings. The van der Waals surface area contributed by atoms with Gasteiger partial charge in [0.05, 0.1) is 5.88 Å². The molecule has 1 aliphatic rings. The molecule has 1 amide bonds. The van der Waals surface area contributed by atoms with Crippen molar-refractivity contribution in [2.75, 3.05) is 25.2 Å². The number of nitrogens with zero attached hydrogens (tertiary/aromatic N) is 1. The average Bonchev–Trinajstić information content (AvgIpc) is 2.23. The van der Waals surface area contributed by atoms with Crippen molar-refractivity contribution in [3.05, 3.63) is 0 Å². The summed E-state index contributed by atoms with van der Waals surface area (Å²) in [6.45, 7) is 6.70. The van der Waals surface area contributed by atoms with Gasteiger partial charge in [-0.1, -0.05) is 0 Å². The lowest BCUT2D eigenvalue weighted by molar-refractivity contribution is 0.0199. The zero-order chi connectivity index (χ0) is 14.7. The average molecular weight is 292 g/mol. The zero-order valence-corrected chi connectivity index (χ0v) is 12.9. The van der Waals surface area contributed by atoms with Gasteiger partial charge in [0.2, 0.25) is 0 Å². The van der Waals surface area contributed by atoms with Gasteiger partial charge in [-0.15, -0.1) is 0 Å². The van der Waals surface area contributed by atoms with E-state index in [-0.39, 0.29) is 18.0 Å². The number of sulfone groups is 1. The summed E-state index contributed by atoms with van der Waals surface area (Å²) in [6.07, 6.45) is 2.40. The van der Waals surface area contributed by atoms with Gasteiger partial charge in [-0.05, 0) is 33.6 Å². The number of hydrogen-bond acceptors (Lipinski definition) is 5. The molecule has 1 aliphatic heterocycles. The van der Waals surface area contributed by atoms with Crippen molar-refractivity contribution >= 4 is 15.9 Å². The predicted octanol–water partition coefficient (Wildman–Crippen LogP) is 0.978. The Morgan fingerprint density at radius 2 is 1.84 bits per heavy atom. The smallest absolute Gasteiger partial charge is 0.410 e. The van der Waals surface area contributed by atoms with Crippen molar-refractivity contribution < 1.29 is 17.9 Å². The minimum Gasteiger partial charge on any atom is -0.444 e. The summed E-state index contributed by atoms with van der Waals surface area (Å²) in [7, 11) is -2.99. The quantitative estimate of drug-likeness (QED) is 0.839. The first-order chi connectivity index (χ1) is 8.57. The van der Waals surface area contributed by atoms with Crippen molar-refractivity contribution in [1.82, 2.24) is 10.2 Å². The van der Waals surface area contributed by atoms with E-state index in [0.717, 1.165) is 12.8 Å². The summed E-state index contributed by atoms with van der Waals surface area (Å²) in [5, 5.41) is 3.00. The molecule has 0 aromatic heterocycles. The molecule has 0 spiro atoms. The van der Waals surface area contributed by atoms with Crippen LogP contribution in [0, 0.1) is 0 Å². The van der Waals surface area contributed by atoms with Crippen LogP contribution >= 0.6 is 0 Å². The van der Waals surface area contributed by atoms with Crippen LogP contribution in [0.1, 0.15) is 33.6 Å². The van der Waals surface area contributed by atoms with E-state index in [1.807, 2.05) is 20.8 Å². The fourth-order valence-electron chi connectivity index (χ4n) is 1.86. The Morgan fingerprint density at radius 1 is 1.32 bits per heavy atom. The Morgan fingerprint density at radius 3 is 2.26 bits per heavy atom. The van der Waals surface area contributed by atoms with E-state index in [1.165, 1.54) is 6.26 Å². The largest absolute Gasteiger partial charge is 0.444 e. The standard InChI is InChI=1S/C12H24N2O4S/c1-12(2,3)18-11(15)14-7-5-10(6-8-14)13-9-19(4,16)17/h10,13H,5-9H2,1-4H3. The highest BCUT2D eigenvalue weighted by Crippen LogP contribution is 2.15. The second kappa shape index (κ2) is 6.09.